The van der Waals surface area contributed by atoms with E-state index in [2.05, 4.69) is 73.1 Å². The SMILES string of the molecule is CC1CC(C)CN(C(=O)NC(C[C@H]2CCC3=C2[C@@H](C)C2=CNN(c4ccc(F)cc4)C2=C3)c2ccccc2)C1. The van der Waals surface area contributed by atoms with E-state index < -0.39 is 0 Å². The highest BCUT2D eigenvalue weighted by Crippen LogP contribution is 2.49. The van der Waals surface area contributed by atoms with Gasteiger partial charge in [-0.15, -0.1) is 0 Å². The number of halogens is 1. The molecule has 6 heteroatoms. The molecule has 0 aromatic heterocycles. The van der Waals surface area contributed by atoms with Crippen LogP contribution in [0.15, 0.2) is 89.3 Å². The van der Waals surface area contributed by atoms with Crippen LogP contribution in [0.4, 0.5) is 14.9 Å². The number of nitrogens with zero attached hydrogens (tertiary/aromatic N) is 2. The van der Waals surface area contributed by atoms with Crippen LogP contribution in [0.3, 0.4) is 0 Å². The molecule has 3 unspecified atom stereocenters. The van der Waals surface area contributed by atoms with Crippen molar-refractivity contribution < 1.29 is 9.18 Å². The number of piperidine rings is 1. The Labute approximate surface area is 231 Å². The minimum atomic E-state index is -0.231. The molecule has 2 aromatic rings. The van der Waals surface area contributed by atoms with Gasteiger partial charge in [-0.25, -0.2) is 9.18 Å². The van der Waals surface area contributed by atoms with Crippen molar-refractivity contribution in [2.45, 2.75) is 52.5 Å². The number of fused-ring (bicyclic) bond motifs is 1. The zero-order valence-corrected chi connectivity index (χ0v) is 23.2. The molecule has 5 atom stereocenters. The maximum Gasteiger partial charge on any atom is 0.317 e. The summed E-state index contributed by atoms with van der Waals surface area (Å²) in [6, 6.07) is 17.1. The molecule has 2 aliphatic heterocycles. The van der Waals surface area contributed by atoms with E-state index in [0.29, 0.717) is 17.8 Å². The van der Waals surface area contributed by atoms with Crippen LogP contribution in [-0.2, 0) is 0 Å². The first-order chi connectivity index (χ1) is 18.9. The van der Waals surface area contributed by atoms with Gasteiger partial charge < -0.3 is 15.6 Å². The molecule has 6 rings (SSSR count). The van der Waals surface area contributed by atoms with Gasteiger partial charge in [-0.1, -0.05) is 56.7 Å². The average molecular weight is 527 g/mol. The van der Waals surface area contributed by atoms with Gasteiger partial charge in [0, 0.05) is 30.8 Å². The van der Waals surface area contributed by atoms with Crippen molar-refractivity contribution in [3.8, 4) is 0 Å². The van der Waals surface area contributed by atoms with Crippen LogP contribution >= 0.6 is 0 Å². The van der Waals surface area contributed by atoms with Gasteiger partial charge in [0.1, 0.15) is 5.82 Å². The number of rotatable bonds is 5. The molecule has 0 spiro atoms. The van der Waals surface area contributed by atoms with Crippen molar-refractivity contribution >= 4 is 11.7 Å². The quantitative estimate of drug-likeness (QED) is 0.437. The highest BCUT2D eigenvalue weighted by molar-refractivity contribution is 5.75. The number of anilines is 1. The second-order valence-corrected chi connectivity index (χ2v) is 12.0. The molecule has 2 N–H and O–H groups in total. The van der Waals surface area contributed by atoms with Crippen LogP contribution in [0.1, 0.15) is 58.1 Å². The molecule has 5 nitrogen and oxygen atoms in total. The Morgan fingerprint density at radius 3 is 2.49 bits per heavy atom. The van der Waals surface area contributed by atoms with Crippen molar-refractivity contribution in [3.63, 3.8) is 0 Å². The molecule has 39 heavy (non-hydrogen) atoms. The van der Waals surface area contributed by atoms with Crippen LogP contribution in [0.5, 0.6) is 0 Å². The minimum Gasteiger partial charge on any atom is -0.331 e. The Balaban J connectivity index is 1.24. The number of hydrogen-bond acceptors (Lipinski definition) is 3. The first kappa shape index (κ1) is 25.7. The van der Waals surface area contributed by atoms with Gasteiger partial charge in [0.25, 0.3) is 0 Å². The zero-order chi connectivity index (χ0) is 27.1. The largest absolute Gasteiger partial charge is 0.331 e. The van der Waals surface area contributed by atoms with Crippen molar-refractivity contribution in [1.29, 1.82) is 0 Å². The highest BCUT2D eigenvalue weighted by Gasteiger charge is 2.39. The third-order valence-corrected chi connectivity index (χ3v) is 8.96. The van der Waals surface area contributed by atoms with E-state index in [-0.39, 0.29) is 23.8 Å². The van der Waals surface area contributed by atoms with Crippen LogP contribution < -0.4 is 15.8 Å². The molecule has 2 heterocycles. The molecule has 0 radical (unpaired) electrons. The molecule has 4 aliphatic rings. The molecule has 2 aliphatic carbocycles. The summed E-state index contributed by atoms with van der Waals surface area (Å²) in [5, 5.41) is 5.50. The number of likely N-dealkylation sites (tertiary alicyclic amines) is 1. The summed E-state index contributed by atoms with van der Waals surface area (Å²) in [4.78, 5) is 15.5. The fraction of sp³-hybridized carbons (Fsp3) is 0.424. The standard InChI is InChI=1S/C33H39FN4O/c1-21-15-22(2)20-37(19-21)33(39)36-30(24-7-5-4-6-8-24)16-25-9-10-26-17-31-29(23(3)32(25)26)18-35-38(31)28-13-11-27(34)12-14-28/h4-8,11-14,17-18,21-23,25,30,35H,9-10,15-16,19-20H2,1-3H3,(H,36,39)/t21?,22?,23-,25+,30?/m0/s1. The second kappa shape index (κ2) is 10.6. The van der Waals surface area contributed by atoms with E-state index >= 15 is 0 Å². The summed E-state index contributed by atoms with van der Waals surface area (Å²) in [7, 11) is 0. The van der Waals surface area contributed by atoms with Gasteiger partial charge in [-0.05, 0) is 84.9 Å². The van der Waals surface area contributed by atoms with E-state index in [9.17, 15) is 9.18 Å². The van der Waals surface area contributed by atoms with E-state index in [1.165, 1.54) is 40.8 Å². The summed E-state index contributed by atoms with van der Waals surface area (Å²) in [6.45, 7) is 8.44. The van der Waals surface area contributed by atoms with Crippen LogP contribution in [0, 0.1) is 29.5 Å². The van der Waals surface area contributed by atoms with Gasteiger partial charge >= 0.3 is 6.03 Å². The maximum absolute atomic E-state index is 13.5. The lowest BCUT2D eigenvalue weighted by Crippen LogP contribution is -2.48. The zero-order valence-electron chi connectivity index (χ0n) is 23.2. The Morgan fingerprint density at radius 1 is 1.05 bits per heavy atom. The summed E-state index contributed by atoms with van der Waals surface area (Å²) in [6.07, 6.45) is 8.61. The fourth-order valence-electron chi connectivity index (χ4n) is 7.28. The van der Waals surface area contributed by atoms with Crippen LogP contribution in [-0.4, -0.2) is 24.0 Å². The lowest BCUT2D eigenvalue weighted by atomic mass is 9.78. The smallest absolute Gasteiger partial charge is 0.317 e. The third-order valence-electron chi connectivity index (χ3n) is 8.96. The number of amides is 2. The van der Waals surface area contributed by atoms with Gasteiger partial charge in [0.05, 0.1) is 17.4 Å². The number of nitrogens with one attached hydrogen (secondary N) is 2. The van der Waals surface area contributed by atoms with Gasteiger partial charge in [-0.3, -0.25) is 5.01 Å². The van der Waals surface area contributed by atoms with Crippen molar-refractivity contribution in [1.82, 2.24) is 15.6 Å². The molecule has 2 aromatic carbocycles. The predicted octanol–water partition coefficient (Wildman–Crippen LogP) is 7.09. The summed E-state index contributed by atoms with van der Waals surface area (Å²) >= 11 is 0. The van der Waals surface area contributed by atoms with E-state index in [0.717, 1.165) is 43.7 Å². The van der Waals surface area contributed by atoms with Gasteiger partial charge in [0.2, 0.25) is 0 Å². The number of carbonyl (C=O) groups is 1. The average Bonchev–Trinajstić information content (AvgIpc) is 3.53. The normalized spacial score (nSPS) is 26.9. The predicted molar refractivity (Wildman–Crippen MR) is 154 cm³/mol. The van der Waals surface area contributed by atoms with Crippen molar-refractivity contribution in [3.05, 3.63) is 101 Å². The Bertz CT molecular complexity index is 1300. The molecule has 0 bridgehead atoms. The van der Waals surface area contributed by atoms with Crippen molar-refractivity contribution in [2.24, 2.45) is 23.7 Å². The van der Waals surface area contributed by atoms with E-state index in [4.69, 9.17) is 0 Å². The number of urea groups is 1. The van der Waals surface area contributed by atoms with Crippen LogP contribution in [0.25, 0.3) is 0 Å². The minimum absolute atomic E-state index is 0.0351. The number of carbonyl (C=O) groups excluding carboxylic acids is 1. The molecule has 2 amide bonds. The third kappa shape index (κ3) is 5.09. The van der Waals surface area contributed by atoms with E-state index in [1.807, 2.05) is 23.1 Å². The Morgan fingerprint density at radius 2 is 1.77 bits per heavy atom. The molecular formula is C33H39FN4O. The first-order valence-corrected chi connectivity index (χ1v) is 14.4. The summed E-state index contributed by atoms with van der Waals surface area (Å²) in [5.41, 5.74) is 10.8. The lowest BCUT2D eigenvalue weighted by molar-refractivity contribution is 0.142. The van der Waals surface area contributed by atoms with Gasteiger partial charge in [0.15, 0.2) is 0 Å². The number of benzene rings is 2. The fourth-order valence-corrected chi connectivity index (χ4v) is 7.28. The Hall–Kier alpha value is -3.54. The molecule has 0 saturated carbocycles. The van der Waals surface area contributed by atoms with Gasteiger partial charge in [-0.2, -0.15) is 0 Å². The highest BCUT2D eigenvalue weighted by atomic mass is 19.1. The lowest BCUT2D eigenvalue weighted by Gasteiger charge is -2.36. The molecule has 1 fully saturated rings. The maximum atomic E-state index is 13.5. The molecule has 1 saturated heterocycles. The topological polar surface area (TPSA) is 47.6 Å². The molecule has 204 valence electrons. The number of hydrazine groups is 1. The van der Waals surface area contributed by atoms with Crippen LogP contribution in [0.2, 0.25) is 0 Å². The second-order valence-electron chi connectivity index (χ2n) is 12.0. The number of allylic oxidation sites excluding steroid dienone is 4. The molecular weight excluding hydrogens is 487 g/mol. The monoisotopic (exact) mass is 526 g/mol. The summed E-state index contributed by atoms with van der Waals surface area (Å²) in [5.74, 6) is 1.51. The summed E-state index contributed by atoms with van der Waals surface area (Å²) < 4.78 is 13.5. The number of hydrogen-bond donors (Lipinski definition) is 2. The first-order valence-electron chi connectivity index (χ1n) is 14.4. The van der Waals surface area contributed by atoms with E-state index in [1.54, 1.807) is 0 Å². The Kier molecular flexibility index (Phi) is 6.96. The van der Waals surface area contributed by atoms with Crippen molar-refractivity contribution in [2.75, 3.05) is 18.1 Å².